The van der Waals surface area contributed by atoms with Gasteiger partial charge < -0.3 is 23.9 Å². The van der Waals surface area contributed by atoms with Crippen LogP contribution in [0.2, 0.25) is 0 Å². The van der Waals surface area contributed by atoms with Crippen LogP contribution in [0.15, 0.2) is 52.1 Å². The van der Waals surface area contributed by atoms with Gasteiger partial charge in [-0.25, -0.2) is 0 Å². The number of thioether (sulfide) groups is 1. The number of hydrogen-bond donors (Lipinski definition) is 1. The lowest BCUT2D eigenvalue weighted by Crippen LogP contribution is -2.30. The van der Waals surface area contributed by atoms with Gasteiger partial charge in [-0.15, -0.1) is 10.2 Å². The normalized spacial score (nSPS) is 13.1. The third kappa shape index (κ3) is 4.85. The van der Waals surface area contributed by atoms with E-state index in [1.165, 1.54) is 11.8 Å². The minimum absolute atomic E-state index is 0.118. The quantitative estimate of drug-likeness (QED) is 0.548. The van der Waals surface area contributed by atoms with E-state index < -0.39 is 0 Å². The standard InChI is InChI=1S/C21H21N3O5S/c1-13(20(25)22-11-15-5-8-17-18(9-15)28-12-27-17)30-21-24-23-19(29-21)10-14-3-6-16(26-2)7-4-14/h3-9,13H,10-12H2,1-2H3,(H,22,25). The number of benzene rings is 2. The van der Waals surface area contributed by atoms with Crippen molar-refractivity contribution in [2.24, 2.45) is 0 Å². The summed E-state index contributed by atoms with van der Waals surface area (Å²) in [6.07, 6.45) is 0.516. The molecule has 1 aromatic heterocycles. The highest BCUT2D eigenvalue weighted by molar-refractivity contribution is 8.00. The maximum Gasteiger partial charge on any atom is 0.277 e. The number of carbonyl (C=O) groups is 1. The van der Waals surface area contributed by atoms with Crippen molar-refractivity contribution < 1.29 is 23.4 Å². The van der Waals surface area contributed by atoms with E-state index in [9.17, 15) is 4.79 Å². The van der Waals surface area contributed by atoms with Crippen LogP contribution >= 0.6 is 11.8 Å². The zero-order valence-electron chi connectivity index (χ0n) is 16.6. The van der Waals surface area contributed by atoms with E-state index in [-0.39, 0.29) is 18.0 Å². The Morgan fingerprint density at radius 1 is 1.13 bits per heavy atom. The Balaban J connectivity index is 1.28. The van der Waals surface area contributed by atoms with Crippen molar-refractivity contribution in [1.29, 1.82) is 0 Å². The molecule has 4 rings (SSSR count). The first-order chi connectivity index (χ1) is 14.6. The Hall–Kier alpha value is -3.20. The number of fused-ring (bicyclic) bond motifs is 1. The van der Waals surface area contributed by atoms with Crippen molar-refractivity contribution in [2.75, 3.05) is 13.9 Å². The number of ether oxygens (including phenoxy) is 3. The topological polar surface area (TPSA) is 95.7 Å². The number of carbonyl (C=O) groups excluding carboxylic acids is 1. The summed E-state index contributed by atoms with van der Waals surface area (Å²) in [5, 5.41) is 11.0. The molecule has 1 amide bonds. The van der Waals surface area contributed by atoms with Crippen molar-refractivity contribution in [2.45, 2.75) is 30.4 Å². The molecule has 156 valence electrons. The molecule has 0 fully saturated rings. The van der Waals surface area contributed by atoms with E-state index in [1.54, 1.807) is 14.0 Å². The summed E-state index contributed by atoms with van der Waals surface area (Å²) in [4.78, 5) is 12.4. The van der Waals surface area contributed by atoms with Crippen LogP contribution < -0.4 is 19.5 Å². The average molecular weight is 427 g/mol. The largest absolute Gasteiger partial charge is 0.497 e. The molecule has 1 aliphatic heterocycles. The minimum atomic E-state index is -0.381. The van der Waals surface area contributed by atoms with Crippen LogP contribution in [0, 0.1) is 0 Å². The van der Waals surface area contributed by atoms with E-state index in [0.717, 1.165) is 22.6 Å². The number of rotatable bonds is 8. The van der Waals surface area contributed by atoms with E-state index in [2.05, 4.69) is 15.5 Å². The molecular formula is C21H21N3O5S. The molecule has 8 nitrogen and oxygen atoms in total. The van der Waals surface area contributed by atoms with E-state index in [4.69, 9.17) is 18.6 Å². The summed E-state index contributed by atoms with van der Waals surface area (Å²) >= 11 is 1.23. The Labute approximate surface area is 177 Å². The van der Waals surface area contributed by atoms with Crippen LogP contribution in [-0.4, -0.2) is 35.3 Å². The molecule has 3 aromatic rings. The van der Waals surface area contributed by atoms with Crippen molar-refractivity contribution in [3.8, 4) is 17.2 Å². The molecule has 0 saturated carbocycles. The summed E-state index contributed by atoms with van der Waals surface area (Å²) in [6, 6.07) is 13.3. The van der Waals surface area contributed by atoms with Crippen LogP contribution in [0.5, 0.6) is 17.2 Å². The van der Waals surface area contributed by atoms with Crippen molar-refractivity contribution in [3.05, 3.63) is 59.5 Å². The first kappa shape index (κ1) is 20.1. The van der Waals surface area contributed by atoms with Crippen LogP contribution in [0.25, 0.3) is 0 Å². The average Bonchev–Trinajstić information content (AvgIpc) is 3.41. The number of methoxy groups -OCH3 is 1. The van der Waals surface area contributed by atoms with Gasteiger partial charge in [0, 0.05) is 6.54 Å². The number of nitrogens with zero attached hydrogens (tertiary/aromatic N) is 2. The molecule has 1 N–H and O–H groups in total. The van der Waals surface area contributed by atoms with Gasteiger partial charge in [0.2, 0.25) is 18.6 Å². The number of nitrogens with one attached hydrogen (secondary N) is 1. The number of amides is 1. The molecule has 1 atom stereocenters. The van der Waals surface area contributed by atoms with Gasteiger partial charge in [-0.3, -0.25) is 4.79 Å². The zero-order chi connectivity index (χ0) is 20.9. The lowest BCUT2D eigenvalue weighted by Gasteiger charge is -2.10. The van der Waals surface area contributed by atoms with E-state index in [1.807, 2.05) is 42.5 Å². The molecule has 2 heterocycles. The summed E-state index contributed by atoms with van der Waals surface area (Å²) in [7, 11) is 1.63. The van der Waals surface area contributed by atoms with Gasteiger partial charge in [-0.2, -0.15) is 0 Å². The van der Waals surface area contributed by atoms with Gasteiger partial charge >= 0.3 is 0 Å². The first-order valence-electron chi connectivity index (χ1n) is 9.39. The van der Waals surface area contributed by atoms with E-state index >= 15 is 0 Å². The van der Waals surface area contributed by atoms with Crippen molar-refractivity contribution >= 4 is 17.7 Å². The van der Waals surface area contributed by atoms with Gasteiger partial charge in [-0.1, -0.05) is 30.0 Å². The fourth-order valence-corrected chi connectivity index (χ4v) is 3.59. The fourth-order valence-electron chi connectivity index (χ4n) is 2.86. The molecule has 0 saturated heterocycles. The third-order valence-corrected chi connectivity index (χ3v) is 5.45. The van der Waals surface area contributed by atoms with Crippen LogP contribution in [0.4, 0.5) is 0 Å². The lowest BCUT2D eigenvalue weighted by molar-refractivity contribution is -0.120. The Bertz CT molecular complexity index is 1020. The lowest BCUT2D eigenvalue weighted by atomic mass is 10.1. The molecule has 1 aliphatic rings. The third-order valence-electron chi connectivity index (χ3n) is 4.51. The second kappa shape index (κ2) is 9.08. The fraction of sp³-hybridized carbons (Fsp3) is 0.286. The molecule has 0 bridgehead atoms. The highest BCUT2D eigenvalue weighted by Gasteiger charge is 2.19. The highest BCUT2D eigenvalue weighted by Crippen LogP contribution is 2.32. The van der Waals surface area contributed by atoms with Crippen molar-refractivity contribution in [1.82, 2.24) is 15.5 Å². The second-order valence-corrected chi connectivity index (χ2v) is 7.94. The molecule has 1 unspecified atom stereocenters. The SMILES string of the molecule is COc1ccc(Cc2nnc(SC(C)C(=O)NCc3ccc4c(c3)OCO4)o2)cc1. The first-order valence-corrected chi connectivity index (χ1v) is 10.3. The predicted octanol–water partition coefficient (Wildman–Crippen LogP) is 3.19. The zero-order valence-corrected chi connectivity index (χ0v) is 17.4. The molecule has 9 heteroatoms. The number of aromatic nitrogens is 2. The summed E-state index contributed by atoms with van der Waals surface area (Å²) in [5.41, 5.74) is 1.97. The Kier molecular flexibility index (Phi) is 6.08. The van der Waals surface area contributed by atoms with Gasteiger partial charge in [-0.05, 0) is 42.3 Å². The predicted molar refractivity (Wildman–Crippen MR) is 110 cm³/mol. The molecule has 0 spiro atoms. The van der Waals surface area contributed by atoms with E-state index in [0.29, 0.717) is 29.8 Å². The number of hydrogen-bond acceptors (Lipinski definition) is 8. The maximum absolute atomic E-state index is 12.4. The molecule has 0 aliphatic carbocycles. The molecule has 0 radical (unpaired) electrons. The summed E-state index contributed by atoms with van der Waals surface area (Å²) < 4.78 is 21.5. The van der Waals surface area contributed by atoms with Crippen LogP contribution in [0.1, 0.15) is 23.9 Å². The van der Waals surface area contributed by atoms with Crippen LogP contribution in [-0.2, 0) is 17.8 Å². The minimum Gasteiger partial charge on any atom is -0.497 e. The monoisotopic (exact) mass is 427 g/mol. The van der Waals surface area contributed by atoms with Gasteiger partial charge in [0.1, 0.15) is 5.75 Å². The second-order valence-electron chi connectivity index (χ2n) is 6.65. The smallest absolute Gasteiger partial charge is 0.277 e. The Morgan fingerprint density at radius 3 is 2.70 bits per heavy atom. The Morgan fingerprint density at radius 2 is 1.90 bits per heavy atom. The molecular weight excluding hydrogens is 406 g/mol. The van der Waals surface area contributed by atoms with Gasteiger partial charge in [0.15, 0.2) is 11.5 Å². The van der Waals surface area contributed by atoms with Gasteiger partial charge in [0.25, 0.3) is 5.22 Å². The maximum atomic E-state index is 12.4. The van der Waals surface area contributed by atoms with Crippen molar-refractivity contribution in [3.63, 3.8) is 0 Å². The summed E-state index contributed by atoms with van der Waals surface area (Å²) in [6.45, 7) is 2.42. The van der Waals surface area contributed by atoms with Crippen LogP contribution in [0.3, 0.4) is 0 Å². The highest BCUT2D eigenvalue weighted by atomic mass is 32.2. The van der Waals surface area contributed by atoms with Gasteiger partial charge in [0.05, 0.1) is 18.8 Å². The summed E-state index contributed by atoms with van der Waals surface area (Å²) in [5.74, 6) is 2.58. The molecule has 30 heavy (non-hydrogen) atoms. The molecule has 2 aromatic carbocycles.